The minimum absolute atomic E-state index is 0.217. The summed E-state index contributed by atoms with van der Waals surface area (Å²) in [5.41, 5.74) is 1.16. The highest BCUT2D eigenvalue weighted by Crippen LogP contribution is 2.12. The third-order valence-electron chi connectivity index (χ3n) is 2.88. The van der Waals surface area contributed by atoms with Crippen LogP contribution in [0.1, 0.15) is 15.9 Å². The second-order valence-corrected chi connectivity index (χ2v) is 5.35. The smallest absolute Gasteiger partial charge is 0.326 e. The molecule has 0 spiro atoms. The molecule has 0 saturated carbocycles. The molecule has 2 N–H and O–H groups in total. The third kappa shape index (κ3) is 4.39. The average molecular weight is 349 g/mol. The van der Waals surface area contributed by atoms with Crippen LogP contribution in [0.3, 0.4) is 0 Å². The second kappa shape index (κ2) is 6.99. The van der Waals surface area contributed by atoms with E-state index in [4.69, 9.17) is 0 Å². The van der Waals surface area contributed by atoms with E-state index in [0.717, 1.165) is 10.0 Å². The van der Waals surface area contributed by atoms with E-state index in [2.05, 4.69) is 26.2 Å². The molecule has 0 aliphatic carbocycles. The van der Waals surface area contributed by atoms with Crippen molar-refractivity contribution in [1.29, 1.82) is 0 Å². The lowest BCUT2D eigenvalue weighted by Crippen LogP contribution is -2.42. The maximum atomic E-state index is 12.0. The lowest BCUT2D eigenvalue weighted by Gasteiger charge is -2.14. The molecule has 108 valence electrons. The standard InChI is InChI=1S/C15H13BrN2O3/c16-12-5-3-10(4-6-12)8-13(15(20)21)18-14(19)11-2-1-7-17-9-11/h1-7,9,13H,8H2,(H,18,19)(H,20,21)/t13-/m0/s1. The van der Waals surface area contributed by atoms with Gasteiger partial charge in [0.25, 0.3) is 5.91 Å². The lowest BCUT2D eigenvalue weighted by atomic mass is 10.1. The number of nitrogens with zero attached hydrogens (tertiary/aromatic N) is 1. The summed E-state index contributed by atoms with van der Waals surface area (Å²) >= 11 is 3.32. The number of rotatable bonds is 5. The molecule has 0 fully saturated rings. The lowest BCUT2D eigenvalue weighted by molar-refractivity contribution is -0.139. The summed E-state index contributed by atoms with van der Waals surface area (Å²) in [6, 6.07) is 9.51. The Morgan fingerprint density at radius 1 is 1.24 bits per heavy atom. The molecule has 0 saturated heterocycles. The first-order chi connectivity index (χ1) is 10.1. The molecule has 2 rings (SSSR count). The topological polar surface area (TPSA) is 79.3 Å². The number of amides is 1. The highest BCUT2D eigenvalue weighted by Gasteiger charge is 2.21. The molecule has 1 aromatic heterocycles. The molecular weight excluding hydrogens is 336 g/mol. The molecule has 2 aromatic rings. The minimum Gasteiger partial charge on any atom is -0.480 e. The van der Waals surface area contributed by atoms with Crippen LogP contribution in [0.4, 0.5) is 0 Å². The minimum atomic E-state index is -1.07. The van der Waals surface area contributed by atoms with E-state index in [1.54, 1.807) is 18.3 Å². The molecule has 6 heteroatoms. The molecule has 0 aliphatic heterocycles. The van der Waals surface area contributed by atoms with E-state index in [-0.39, 0.29) is 6.42 Å². The maximum absolute atomic E-state index is 12.0. The van der Waals surface area contributed by atoms with Crippen LogP contribution < -0.4 is 5.32 Å². The zero-order chi connectivity index (χ0) is 15.2. The third-order valence-corrected chi connectivity index (χ3v) is 3.41. The van der Waals surface area contributed by atoms with Crippen molar-refractivity contribution in [2.24, 2.45) is 0 Å². The summed E-state index contributed by atoms with van der Waals surface area (Å²) < 4.78 is 0.914. The van der Waals surface area contributed by atoms with Crippen molar-refractivity contribution in [2.45, 2.75) is 12.5 Å². The van der Waals surface area contributed by atoms with Gasteiger partial charge in [-0.05, 0) is 29.8 Å². The summed E-state index contributed by atoms with van der Waals surface area (Å²) in [5.74, 6) is -1.53. The first-order valence-electron chi connectivity index (χ1n) is 6.24. The fourth-order valence-electron chi connectivity index (χ4n) is 1.79. The van der Waals surface area contributed by atoms with Gasteiger partial charge in [0.15, 0.2) is 0 Å². The van der Waals surface area contributed by atoms with Gasteiger partial charge in [-0.25, -0.2) is 4.79 Å². The van der Waals surface area contributed by atoms with Gasteiger partial charge in [0.05, 0.1) is 5.56 Å². The predicted molar refractivity (Wildman–Crippen MR) is 81.0 cm³/mol. The number of aliphatic carboxylic acids is 1. The summed E-state index contributed by atoms with van der Waals surface area (Å²) in [7, 11) is 0. The number of carbonyl (C=O) groups is 2. The summed E-state index contributed by atoms with van der Waals surface area (Å²) in [5, 5.41) is 11.8. The molecule has 0 unspecified atom stereocenters. The second-order valence-electron chi connectivity index (χ2n) is 4.44. The van der Waals surface area contributed by atoms with Gasteiger partial charge in [-0.2, -0.15) is 0 Å². The monoisotopic (exact) mass is 348 g/mol. The van der Waals surface area contributed by atoms with Crippen molar-refractivity contribution in [3.8, 4) is 0 Å². The van der Waals surface area contributed by atoms with Crippen LogP contribution >= 0.6 is 15.9 Å². The Bertz CT molecular complexity index is 629. The Balaban J connectivity index is 2.07. The first kappa shape index (κ1) is 15.2. The fourth-order valence-corrected chi connectivity index (χ4v) is 2.06. The number of carboxylic acid groups (broad SMARTS) is 1. The van der Waals surface area contributed by atoms with Gasteiger partial charge in [-0.3, -0.25) is 9.78 Å². The van der Waals surface area contributed by atoms with Gasteiger partial charge < -0.3 is 10.4 Å². The number of carboxylic acids is 1. The molecule has 1 heterocycles. The van der Waals surface area contributed by atoms with Crippen molar-refractivity contribution >= 4 is 27.8 Å². The van der Waals surface area contributed by atoms with Gasteiger partial charge in [0.2, 0.25) is 0 Å². The van der Waals surface area contributed by atoms with Crippen LogP contribution in [0.2, 0.25) is 0 Å². The van der Waals surface area contributed by atoms with Crippen molar-refractivity contribution in [1.82, 2.24) is 10.3 Å². The zero-order valence-electron chi connectivity index (χ0n) is 11.0. The van der Waals surface area contributed by atoms with E-state index in [0.29, 0.717) is 5.56 Å². The molecule has 5 nitrogen and oxygen atoms in total. The number of hydrogen-bond donors (Lipinski definition) is 2. The largest absolute Gasteiger partial charge is 0.480 e. The van der Waals surface area contributed by atoms with Crippen LogP contribution in [-0.4, -0.2) is 28.0 Å². The van der Waals surface area contributed by atoms with Crippen molar-refractivity contribution in [2.75, 3.05) is 0 Å². The highest BCUT2D eigenvalue weighted by molar-refractivity contribution is 9.10. The Morgan fingerprint density at radius 3 is 2.52 bits per heavy atom. The maximum Gasteiger partial charge on any atom is 0.326 e. The van der Waals surface area contributed by atoms with Crippen molar-refractivity contribution in [3.05, 3.63) is 64.4 Å². The fraction of sp³-hybridized carbons (Fsp3) is 0.133. The predicted octanol–water partition coefficient (Wildman–Crippen LogP) is 2.27. The van der Waals surface area contributed by atoms with Crippen LogP contribution in [-0.2, 0) is 11.2 Å². The van der Waals surface area contributed by atoms with Crippen molar-refractivity contribution < 1.29 is 14.7 Å². The highest BCUT2D eigenvalue weighted by atomic mass is 79.9. The molecule has 1 amide bonds. The number of carbonyl (C=O) groups excluding carboxylic acids is 1. The molecule has 21 heavy (non-hydrogen) atoms. The number of benzene rings is 1. The van der Waals surface area contributed by atoms with Gasteiger partial charge in [-0.15, -0.1) is 0 Å². The van der Waals surface area contributed by atoms with E-state index >= 15 is 0 Å². The molecule has 0 bridgehead atoms. The zero-order valence-corrected chi connectivity index (χ0v) is 12.6. The molecular formula is C15H13BrN2O3. The summed E-state index contributed by atoms with van der Waals surface area (Å²) in [4.78, 5) is 27.1. The SMILES string of the molecule is O=C(N[C@@H](Cc1ccc(Br)cc1)C(=O)O)c1cccnc1. The number of nitrogens with one attached hydrogen (secondary N) is 1. The van der Waals surface area contributed by atoms with E-state index in [9.17, 15) is 14.7 Å². The van der Waals surface area contributed by atoms with Crippen LogP contribution in [0.25, 0.3) is 0 Å². The quantitative estimate of drug-likeness (QED) is 0.868. The first-order valence-corrected chi connectivity index (χ1v) is 7.03. The Morgan fingerprint density at radius 2 is 1.95 bits per heavy atom. The Hall–Kier alpha value is -2.21. The summed E-state index contributed by atoms with van der Waals surface area (Å²) in [6.07, 6.45) is 3.16. The van der Waals surface area contributed by atoms with Crippen LogP contribution in [0, 0.1) is 0 Å². The van der Waals surface area contributed by atoms with Gasteiger partial charge >= 0.3 is 5.97 Å². The Labute approximate surface area is 130 Å². The number of hydrogen-bond acceptors (Lipinski definition) is 3. The molecule has 1 atom stereocenters. The van der Waals surface area contributed by atoms with E-state index in [1.807, 2.05) is 24.3 Å². The average Bonchev–Trinajstić information content (AvgIpc) is 2.49. The van der Waals surface area contributed by atoms with Gasteiger partial charge in [-0.1, -0.05) is 28.1 Å². The Kier molecular flexibility index (Phi) is 5.05. The van der Waals surface area contributed by atoms with Crippen molar-refractivity contribution in [3.63, 3.8) is 0 Å². The molecule has 1 aromatic carbocycles. The van der Waals surface area contributed by atoms with Crippen LogP contribution in [0.15, 0.2) is 53.3 Å². The molecule has 0 radical (unpaired) electrons. The van der Waals surface area contributed by atoms with Gasteiger partial charge in [0.1, 0.15) is 6.04 Å². The van der Waals surface area contributed by atoms with E-state index in [1.165, 1.54) is 6.20 Å². The van der Waals surface area contributed by atoms with E-state index < -0.39 is 17.9 Å². The normalized spacial score (nSPS) is 11.7. The number of pyridine rings is 1. The number of aromatic nitrogens is 1. The van der Waals surface area contributed by atoms with Crippen LogP contribution in [0.5, 0.6) is 0 Å². The molecule has 0 aliphatic rings. The summed E-state index contributed by atoms with van der Waals surface area (Å²) in [6.45, 7) is 0. The number of halogens is 1. The van der Waals surface area contributed by atoms with Gasteiger partial charge in [0, 0.05) is 23.3 Å².